The molecule has 0 bridgehead atoms. The summed E-state index contributed by atoms with van der Waals surface area (Å²) in [5, 5.41) is 2.78. The zero-order valence-corrected chi connectivity index (χ0v) is 9.46. The van der Waals surface area contributed by atoms with Gasteiger partial charge >= 0.3 is 0 Å². The fourth-order valence-electron chi connectivity index (χ4n) is 1.25. The molecule has 1 rings (SSSR count). The molecule has 1 N–H and O–H groups in total. The Morgan fingerprint density at radius 2 is 2.07 bits per heavy atom. The Labute approximate surface area is 90.4 Å². The number of hydrogen-bond acceptors (Lipinski definition) is 2. The van der Waals surface area contributed by atoms with Gasteiger partial charge in [-0.15, -0.1) is 0 Å². The summed E-state index contributed by atoms with van der Waals surface area (Å²) in [5.41, 5.74) is 3.03. The number of rotatable bonds is 4. The number of amides is 1. The molecule has 0 saturated heterocycles. The summed E-state index contributed by atoms with van der Waals surface area (Å²) >= 11 is 0. The lowest BCUT2D eigenvalue weighted by Crippen LogP contribution is -2.26. The van der Waals surface area contributed by atoms with Gasteiger partial charge in [0.05, 0.1) is 6.61 Å². The monoisotopic (exact) mass is 207 g/mol. The molecule has 0 aromatic heterocycles. The van der Waals surface area contributed by atoms with Crippen molar-refractivity contribution in [3.8, 4) is 0 Å². The highest BCUT2D eigenvalue weighted by Gasteiger charge is 2.05. The molecule has 3 heteroatoms. The van der Waals surface area contributed by atoms with Crippen LogP contribution in [0.3, 0.4) is 0 Å². The molecule has 0 unspecified atom stereocenters. The number of carbonyl (C=O) groups is 1. The molecule has 0 fully saturated rings. The second-order valence-corrected chi connectivity index (χ2v) is 3.55. The minimum absolute atomic E-state index is 0.0462. The third-order valence-corrected chi connectivity index (χ3v) is 2.36. The molecule has 0 aliphatic rings. The maximum Gasteiger partial charge on any atom is 0.251 e. The van der Waals surface area contributed by atoms with Crippen LogP contribution in [0.4, 0.5) is 0 Å². The van der Waals surface area contributed by atoms with Crippen LogP contribution in [0.2, 0.25) is 0 Å². The molecule has 1 aromatic rings. The van der Waals surface area contributed by atoms with Crippen LogP contribution < -0.4 is 5.32 Å². The summed E-state index contributed by atoms with van der Waals surface area (Å²) in [6.45, 7) is 5.11. The third kappa shape index (κ3) is 3.36. The predicted octanol–water partition coefficient (Wildman–Crippen LogP) is 1.68. The van der Waals surface area contributed by atoms with Crippen LogP contribution in [0.5, 0.6) is 0 Å². The van der Waals surface area contributed by atoms with E-state index in [4.69, 9.17) is 4.74 Å². The number of benzene rings is 1. The van der Waals surface area contributed by atoms with E-state index in [-0.39, 0.29) is 5.91 Å². The molecule has 82 valence electrons. The van der Waals surface area contributed by atoms with Crippen molar-refractivity contribution >= 4 is 5.91 Å². The molecule has 0 heterocycles. The van der Waals surface area contributed by atoms with Gasteiger partial charge in [-0.05, 0) is 37.1 Å². The van der Waals surface area contributed by atoms with Crippen LogP contribution >= 0.6 is 0 Å². The van der Waals surface area contributed by atoms with E-state index in [2.05, 4.69) is 5.32 Å². The lowest BCUT2D eigenvalue weighted by molar-refractivity contribution is 0.0937. The van der Waals surface area contributed by atoms with Gasteiger partial charge in [-0.3, -0.25) is 4.79 Å². The van der Waals surface area contributed by atoms with Crippen molar-refractivity contribution in [1.29, 1.82) is 0 Å². The number of aryl methyl sites for hydroxylation is 2. The molecule has 0 saturated carbocycles. The van der Waals surface area contributed by atoms with Crippen LogP contribution in [0.25, 0.3) is 0 Å². The SMILES string of the molecule is COCCNC(=O)c1ccc(C)c(C)c1. The topological polar surface area (TPSA) is 38.3 Å². The van der Waals surface area contributed by atoms with Crippen molar-refractivity contribution in [2.24, 2.45) is 0 Å². The van der Waals surface area contributed by atoms with Gasteiger partial charge < -0.3 is 10.1 Å². The fourth-order valence-corrected chi connectivity index (χ4v) is 1.25. The van der Waals surface area contributed by atoms with Crippen LogP contribution in [0.15, 0.2) is 18.2 Å². The molecule has 0 atom stereocenters. The zero-order chi connectivity index (χ0) is 11.3. The van der Waals surface area contributed by atoms with Crippen LogP contribution in [0.1, 0.15) is 21.5 Å². The standard InChI is InChI=1S/C12H17NO2/c1-9-4-5-11(8-10(9)2)12(14)13-6-7-15-3/h4-5,8H,6-7H2,1-3H3,(H,13,14). The Kier molecular flexibility index (Phi) is 4.31. The third-order valence-electron chi connectivity index (χ3n) is 2.36. The average molecular weight is 207 g/mol. The molecule has 0 aliphatic carbocycles. The summed E-state index contributed by atoms with van der Waals surface area (Å²) in [4.78, 5) is 11.6. The number of methoxy groups -OCH3 is 1. The molecule has 0 spiro atoms. The maximum absolute atomic E-state index is 11.6. The molecular formula is C12H17NO2. The number of nitrogens with one attached hydrogen (secondary N) is 1. The normalized spacial score (nSPS) is 10.1. The van der Waals surface area contributed by atoms with Crippen molar-refractivity contribution in [2.45, 2.75) is 13.8 Å². The molecule has 1 aromatic carbocycles. The number of carbonyl (C=O) groups excluding carboxylic acids is 1. The van der Waals surface area contributed by atoms with Crippen molar-refractivity contribution in [2.75, 3.05) is 20.3 Å². The zero-order valence-electron chi connectivity index (χ0n) is 9.46. The smallest absolute Gasteiger partial charge is 0.251 e. The molecule has 1 amide bonds. The van der Waals surface area contributed by atoms with Crippen molar-refractivity contribution in [3.05, 3.63) is 34.9 Å². The largest absolute Gasteiger partial charge is 0.383 e. The van der Waals surface area contributed by atoms with E-state index in [9.17, 15) is 4.79 Å². The molecule has 3 nitrogen and oxygen atoms in total. The molecule has 0 aliphatic heterocycles. The Hall–Kier alpha value is -1.35. The highest BCUT2D eigenvalue weighted by Crippen LogP contribution is 2.09. The van der Waals surface area contributed by atoms with Gasteiger partial charge in [0.15, 0.2) is 0 Å². The Morgan fingerprint density at radius 3 is 2.67 bits per heavy atom. The summed E-state index contributed by atoms with van der Waals surface area (Å²) in [5.74, 6) is -0.0462. The van der Waals surface area contributed by atoms with E-state index in [0.717, 1.165) is 5.56 Å². The van der Waals surface area contributed by atoms with E-state index in [1.54, 1.807) is 7.11 Å². The van der Waals surface area contributed by atoms with Crippen LogP contribution in [-0.4, -0.2) is 26.2 Å². The first-order valence-electron chi connectivity index (χ1n) is 4.99. The summed E-state index contributed by atoms with van der Waals surface area (Å²) in [6, 6.07) is 5.70. The van der Waals surface area contributed by atoms with Gasteiger partial charge in [0.2, 0.25) is 0 Å². The summed E-state index contributed by atoms with van der Waals surface area (Å²) in [7, 11) is 1.61. The van der Waals surface area contributed by atoms with Gasteiger partial charge in [0, 0.05) is 19.2 Å². The Bertz CT molecular complexity index is 347. The quantitative estimate of drug-likeness (QED) is 0.763. The maximum atomic E-state index is 11.6. The van der Waals surface area contributed by atoms with E-state index in [1.165, 1.54) is 5.56 Å². The average Bonchev–Trinajstić information content (AvgIpc) is 2.22. The lowest BCUT2D eigenvalue weighted by Gasteiger charge is -2.06. The highest BCUT2D eigenvalue weighted by molar-refractivity contribution is 5.94. The minimum atomic E-state index is -0.0462. The predicted molar refractivity (Wildman–Crippen MR) is 60.1 cm³/mol. The molecular weight excluding hydrogens is 190 g/mol. The number of ether oxygens (including phenoxy) is 1. The first-order chi connectivity index (χ1) is 7.15. The lowest BCUT2D eigenvalue weighted by atomic mass is 10.1. The van der Waals surface area contributed by atoms with E-state index < -0.39 is 0 Å². The first kappa shape index (κ1) is 11.7. The van der Waals surface area contributed by atoms with Crippen molar-refractivity contribution < 1.29 is 9.53 Å². The van der Waals surface area contributed by atoms with Gasteiger partial charge in [-0.1, -0.05) is 6.07 Å². The van der Waals surface area contributed by atoms with E-state index >= 15 is 0 Å². The van der Waals surface area contributed by atoms with Crippen LogP contribution in [0, 0.1) is 13.8 Å². The van der Waals surface area contributed by atoms with Gasteiger partial charge in [0.25, 0.3) is 5.91 Å². The van der Waals surface area contributed by atoms with Crippen molar-refractivity contribution in [1.82, 2.24) is 5.32 Å². The van der Waals surface area contributed by atoms with Crippen LogP contribution in [-0.2, 0) is 4.74 Å². The Balaban J connectivity index is 2.62. The Morgan fingerprint density at radius 1 is 1.33 bits per heavy atom. The van der Waals surface area contributed by atoms with Gasteiger partial charge in [-0.2, -0.15) is 0 Å². The first-order valence-corrected chi connectivity index (χ1v) is 4.99. The van der Waals surface area contributed by atoms with Gasteiger partial charge in [0.1, 0.15) is 0 Å². The molecule has 0 radical (unpaired) electrons. The number of hydrogen-bond donors (Lipinski definition) is 1. The van der Waals surface area contributed by atoms with E-state index in [1.807, 2.05) is 32.0 Å². The van der Waals surface area contributed by atoms with Gasteiger partial charge in [-0.25, -0.2) is 0 Å². The second kappa shape index (κ2) is 5.51. The summed E-state index contributed by atoms with van der Waals surface area (Å²) < 4.78 is 4.86. The fraction of sp³-hybridized carbons (Fsp3) is 0.417. The minimum Gasteiger partial charge on any atom is -0.383 e. The highest BCUT2D eigenvalue weighted by atomic mass is 16.5. The van der Waals surface area contributed by atoms with Crippen molar-refractivity contribution in [3.63, 3.8) is 0 Å². The molecule has 15 heavy (non-hydrogen) atoms. The van der Waals surface area contributed by atoms with E-state index in [0.29, 0.717) is 18.7 Å². The second-order valence-electron chi connectivity index (χ2n) is 3.55. The summed E-state index contributed by atoms with van der Waals surface area (Å²) in [6.07, 6.45) is 0.